The molecule has 1 N–H and O–H groups in total. The molecule has 0 bridgehead atoms. The van der Waals surface area contributed by atoms with Crippen molar-refractivity contribution in [3.63, 3.8) is 0 Å². The highest BCUT2D eigenvalue weighted by Crippen LogP contribution is 2.30. The van der Waals surface area contributed by atoms with E-state index in [0.717, 1.165) is 42.5 Å². The molecule has 1 fully saturated rings. The summed E-state index contributed by atoms with van der Waals surface area (Å²) in [5.41, 5.74) is 1.03. The zero-order chi connectivity index (χ0) is 13.1. The van der Waals surface area contributed by atoms with Gasteiger partial charge in [-0.05, 0) is 38.0 Å². The van der Waals surface area contributed by atoms with Gasteiger partial charge in [0.2, 0.25) is 0 Å². The molecule has 2 aromatic rings. The van der Waals surface area contributed by atoms with Gasteiger partial charge in [-0.1, -0.05) is 11.3 Å². The summed E-state index contributed by atoms with van der Waals surface area (Å²) in [4.78, 5) is 4.62. The molecule has 0 saturated carbocycles. The molecule has 1 aliphatic rings. The quantitative estimate of drug-likeness (QED) is 0.932. The summed E-state index contributed by atoms with van der Waals surface area (Å²) < 4.78 is 12.0. The van der Waals surface area contributed by atoms with Crippen molar-refractivity contribution in [1.29, 1.82) is 0 Å². The third-order valence-corrected chi connectivity index (χ3v) is 4.17. The first-order valence-corrected chi connectivity index (χ1v) is 7.54. The maximum atomic E-state index is 5.52. The van der Waals surface area contributed by atoms with Crippen molar-refractivity contribution in [2.24, 2.45) is 0 Å². The molecule has 0 unspecified atom stereocenters. The van der Waals surface area contributed by atoms with E-state index < -0.39 is 0 Å². The first kappa shape index (κ1) is 12.7. The summed E-state index contributed by atoms with van der Waals surface area (Å²) >= 11 is 1.69. The Balaban J connectivity index is 1.76. The van der Waals surface area contributed by atoms with Crippen molar-refractivity contribution >= 4 is 26.7 Å². The lowest BCUT2D eigenvalue weighted by atomic mass is 10.1. The molecular weight excluding hydrogens is 260 g/mol. The third-order valence-electron chi connectivity index (χ3n) is 3.22. The average molecular weight is 278 g/mol. The van der Waals surface area contributed by atoms with Crippen molar-refractivity contribution in [2.45, 2.75) is 25.8 Å². The topological polar surface area (TPSA) is 43.4 Å². The van der Waals surface area contributed by atoms with Gasteiger partial charge in [0.1, 0.15) is 5.75 Å². The van der Waals surface area contributed by atoms with E-state index in [4.69, 9.17) is 9.47 Å². The van der Waals surface area contributed by atoms with Gasteiger partial charge in [0.15, 0.2) is 5.13 Å². The zero-order valence-corrected chi connectivity index (χ0v) is 11.8. The molecule has 3 rings (SSSR count). The molecule has 0 atom stereocenters. The Morgan fingerprint density at radius 1 is 1.42 bits per heavy atom. The Bertz CT molecular complexity index is 549. The number of hydrogen-bond donors (Lipinski definition) is 1. The molecular formula is C14H18N2O2S. The molecule has 0 radical (unpaired) electrons. The van der Waals surface area contributed by atoms with Crippen molar-refractivity contribution in [3.8, 4) is 5.75 Å². The number of hydrogen-bond acceptors (Lipinski definition) is 5. The molecule has 0 aliphatic carbocycles. The summed E-state index contributed by atoms with van der Waals surface area (Å²) in [5.74, 6) is 0.913. The molecule has 0 spiro atoms. The Morgan fingerprint density at radius 2 is 2.26 bits per heavy atom. The van der Waals surface area contributed by atoms with E-state index in [1.807, 2.05) is 19.1 Å². The van der Waals surface area contributed by atoms with Gasteiger partial charge in [0.05, 0.1) is 16.8 Å². The summed E-state index contributed by atoms with van der Waals surface area (Å²) in [7, 11) is 0. The summed E-state index contributed by atoms with van der Waals surface area (Å²) in [6.45, 7) is 4.38. The molecule has 0 amide bonds. The molecule has 2 heterocycles. The second-order valence-electron chi connectivity index (χ2n) is 4.61. The standard InChI is InChI=1S/C14H18N2O2S/c1-2-18-11-3-4-12-13(9-11)19-14(16-12)15-10-5-7-17-8-6-10/h3-4,9-10H,2,5-8H2,1H3,(H,15,16). The van der Waals surface area contributed by atoms with Crippen LogP contribution < -0.4 is 10.1 Å². The molecule has 102 valence electrons. The maximum absolute atomic E-state index is 5.52. The van der Waals surface area contributed by atoms with Gasteiger partial charge in [-0.15, -0.1) is 0 Å². The molecule has 1 aromatic carbocycles. The second-order valence-corrected chi connectivity index (χ2v) is 5.64. The van der Waals surface area contributed by atoms with Gasteiger partial charge < -0.3 is 14.8 Å². The normalized spacial score (nSPS) is 16.7. The second kappa shape index (κ2) is 5.75. The van der Waals surface area contributed by atoms with Crippen LogP contribution in [0.5, 0.6) is 5.75 Å². The van der Waals surface area contributed by atoms with Crippen LogP contribution in [0.15, 0.2) is 18.2 Å². The van der Waals surface area contributed by atoms with Crippen molar-refractivity contribution < 1.29 is 9.47 Å². The van der Waals surface area contributed by atoms with E-state index in [2.05, 4.69) is 16.4 Å². The largest absolute Gasteiger partial charge is 0.494 e. The van der Waals surface area contributed by atoms with Crippen LogP contribution in [0.1, 0.15) is 19.8 Å². The Kier molecular flexibility index (Phi) is 3.84. The maximum Gasteiger partial charge on any atom is 0.184 e. The summed E-state index contributed by atoms with van der Waals surface area (Å²) in [6.07, 6.45) is 2.11. The molecule has 1 saturated heterocycles. The highest BCUT2D eigenvalue weighted by Gasteiger charge is 2.15. The van der Waals surface area contributed by atoms with Crippen LogP contribution >= 0.6 is 11.3 Å². The minimum absolute atomic E-state index is 0.487. The number of nitrogens with one attached hydrogen (secondary N) is 1. The van der Waals surface area contributed by atoms with Crippen molar-refractivity contribution in [1.82, 2.24) is 4.98 Å². The fourth-order valence-corrected chi connectivity index (χ4v) is 3.21. The summed E-state index contributed by atoms with van der Waals surface area (Å²) in [6, 6.07) is 6.54. The molecule has 1 aliphatic heterocycles. The number of ether oxygens (including phenoxy) is 2. The number of fused-ring (bicyclic) bond motifs is 1. The smallest absolute Gasteiger partial charge is 0.184 e. The van der Waals surface area contributed by atoms with Crippen LogP contribution in [0, 0.1) is 0 Å². The first-order chi connectivity index (χ1) is 9.35. The van der Waals surface area contributed by atoms with Crippen LogP contribution in [0.3, 0.4) is 0 Å². The fraction of sp³-hybridized carbons (Fsp3) is 0.500. The number of benzene rings is 1. The van der Waals surface area contributed by atoms with Crippen LogP contribution in [-0.4, -0.2) is 30.8 Å². The predicted octanol–water partition coefficient (Wildman–Crippen LogP) is 3.29. The van der Waals surface area contributed by atoms with Gasteiger partial charge in [0.25, 0.3) is 0 Å². The van der Waals surface area contributed by atoms with Gasteiger partial charge in [-0.2, -0.15) is 0 Å². The van der Waals surface area contributed by atoms with E-state index in [0.29, 0.717) is 12.6 Å². The van der Waals surface area contributed by atoms with E-state index in [-0.39, 0.29) is 0 Å². The van der Waals surface area contributed by atoms with Crippen molar-refractivity contribution in [3.05, 3.63) is 18.2 Å². The van der Waals surface area contributed by atoms with Crippen LogP contribution in [0.25, 0.3) is 10.2 Å². The van der Waals surface area contributed by atoms with Gasteiger partial charge in [0, 0.05) is 19.3 Å². The van der Waals surface area contributed by atoms with E-state index in [1.54, 1.807) is 11.3 Å². The highest BCUT2D eigenvalue weighted by molar-refractivity contribution is 7.22. The lowest BCUT2D eigenvalue weighted by Gasteiger charge is -2.22. The molecule has 19 heavy (non-hydrogen) atoms. The number of rotatable bonds is 4. The highest BCUT2D eigenvalue weighted by atomic mass is 32.1. The first-order valence-electron chi connectivity index (χ1n) is 6.73. The van der Waals surface area contributed by atoms with E-state index >= 15 is 0 Å². The minimum Gasteiger partial charge on any atom is -0.494 e. The Hall–Kier alpha value is -1.33. The third kappa shape index (κ3) is 2.98. The summed E-state index contributed by atoms with van der Waals surface area (Å²) in [5, 5.41) is 4.50. The number of aromatic nitrogens is 1. The lowest BCUT2D eigenvalue weighted by molar-refractivity contribution is 0.0904. The monoisotopic (exact) mass is 278 g/mol. The average Bonchev–Trinajstić information content (AvgIpc) is 2.82. The van der Waals surface area contributed by atoms with Crippen LogP contribution in [-0.2, 0) is 4.74 Å². The number of thiazole rings is 1. The van der Waals surface area contributed by atoms with Crippen LogP contribution in [0.4, 0.5) is 5.13 Å². The van der Waals surface area contributed by atoms with Crippen LogP contribution in [0.2, 0.25) is 0 Å². The number of nitrogens with zero attached hydrogens (tertiary/aromatic N) is 1. The van der Waals surface area contributed by atoms with Gasteiger partial charge in [-0.3, -0.25) is 0 Å². The SMILES string of the molecule is CCOc1ccc2nc(NC3CCOCC3)sc2c1. The zero-order valence-electron chi connectivity index (χ0n) is 11.0. The molecule has 1 aromatic heterocycles. The predicted molar refractivity (Wildman–Crippen MR) is 78.3 cm³/mol. The van der Waals surface area contributed by atoms with E-state index in [9.17, 15) is 0 Å². The lowest BCUT2D eigenvalue weighted by Crippen LogP contribution is -2.27. The Labute approximate surface area is 116 Å². The molecule has 5 heteroatoms. The van der Waals surface area contributed by atoms with Gasteiger partial charge >= 0.3 is 0 Å². The fourth-order valence-electron chi connectivity index (χ4n) is 2.24. The van der Waals surface area contributed by atoms with Crippen molar-refractivity contribution in [2.75, 3.05) is 25.1 Å². The minimum atomic E-state index is 0.487. The van der Waals surface area contributed by atoms with E-state index in [1.165, 1.54) is 4.70 Å². The van der Waals surface area contributed by atoms with Gasteiger partial charge in [-0.25, -0.2) is 4.98 Å². The Morgan fingerprint density at radius 3 is 3.05 bits per heavy atom. The number of anilines is 1. The molecule has 4 nitrogen and oxygen atoms in total.